The maximum atomic E-state index is 12.2. The predicted octanol–water partition coefficient (Wildman–Crippen LogP) is 1.19. The molecule has 5 nitrogen and oxygen atoms in total. The fourth-order valence-electron chi connectivity index (χ4n) is 1.78. The van der Waals surface area contributed by atoms with E-state index in [9.17, 15) is 9.59 Å². The quantitative estimate of drug-likeness (QED) is 0.751. The normalized spacial score (nSPS) is 10.9. The van der Waals surface area contributed by atoms with Crippen molar-refractivity contribution in [1.82, 2.24) is 14.5 Å². The zero-order valence-corrected chi connectivity index (χ0v) is 10.1. The van der Waals surface area contributed by atoms with E-state index in [-0.39, 0.29) is 17.6 Å². The van der Waals surface area contributed by atoms with Gasteiger partial charge in [0, 0.05) is 11.1 Å². The zero-order chi connectivity index (χ0) is 12.5. The fraction of sp³-hybridized carbons (Fsp3) is 0.0833. The van der Waals surface area contributed by atoms with Crippen LogP contribution in [-0.2, 0) is 6.54 Å². The Hall–Kier alpha value is -2.21. The third kappa shape index (κ3) is 1.76. The maximum absolute atomic E-state index is 12.2. The Bertz CT molecular complexity index is 802. The van der Waals surface area contributed by atoms with Crippen LogP contribution in [0.25, 0.3) is 11.0 Å². The third-order valence-electron chi connectivity index (χ3n) is 2.64. The van der Waals surface area contributed by atoms with Crippen LogP contribution < -0.4 is 11.2 Å². The van der Waals surface area contributed by atoms with Gasteiger partial charge in [-0.15, -0.1) is 11.3 Å². The highest BCUT2D eigenvalue weighted by Crippen LogP contribution is 2.09. The van der Waals surface area contributed by atoms with Crippen molar-refractivity contribution in [2.45, 2.75) is 6.54 Å². The van der Waals surface area contributed by atoms with E-state index in [1.807, 2.05) is 17.5 Å². The molecule has 0 spiro atoms. The average Bonchev–Trinajstić information content (AvgIpc) is 2.87. The first-order chi connectivity index (χ1) is 8.75. The number of thiophene rings is 1. The lowest BCUT2D eigenvalue weighted by Crippen LogP contribution is -2.35. The van der Waals surface area contributed by atoms with E-state index in [1.165, 1.54) is 22.1 Å². The second kappa shape index (κ2) is 4.23. The van der Waals surface area contributed by atoms with E-state index in [2.05, 4.69) is 9.97 Å². The highest BCUT2D eigenvalue weighted by Gasteiger charge is 2.08. The number of fused-ring (bicyclic) bond motifs is 1. The Labute approximate surface area is 105 Å². The maximum Gasteiger partial charge on any atom is 0.329 e. The second-order valence-electron chi connectivity index (χ2n) is 3.80. The minimum absolute atomic E-state index is 0.276. The van der Waals surface area contributed by atoms with Crippen LogP contribution in [0.1, 0.15) is 4.88 Å². The number of pyridine rings is 1. The molecule has 90 valence electrons. The van der Waals surface area contributed by atoms with Crippen molar-refractivity contribution in [3.63, 3.8) is 0 Å². The van der Waals surface area contributed by atoms with Gasteiger partial charge in [0.2, 0.25) is 0 Å². The van der Waals surface area contributed by atoms with Gasteiger partial charge in [-0.25, -0.2) is 9.78 Å². The first kappa shape index (κ1) is 10.9. The van der Waals surface area contributed by atoms with Crippen LogP contribution in [-0.4, -0.2) is 14.5 Å². The first-order valence-corrected chi connectivity index (χ1v) is 6.24. The number of aromatic nitrogens is 3. The van der Waals surface area contributed by atoms with Crippen LogP contribution in [0.15, 0.2) is 45.4 Å². The van der Waals surface area contributed by atoms with Gasteiger partial charge in [-0.05, 0) is 23.6 Å². The minimum atomic E-state index is -0.408. The number of nitrogens with zero attached hydrogens (tertiary/aromatic N) is 2. The van der Waals surface area contributed by atoms with Crippen molar-refractivity contribution in [2.24, 2.45) is 0 Å². The number of aromatic amines is 1. The van der Waals surface area contributed by atoms with Gasteiger partial charge in [-0.3, -0.25) is 9.36 Å². The molecule has 3 aromatic heterocycles. The van der Waals surface area contributed by atoms with E-state index in [1.54, 1.807) is 12.1 Å². The molecule has 0 aliphatic carbocycles. The van der Waals surface area contributed by atoms with Gasteiger partial charge in [0.05, 0.1) is 12.1 Å². The topological polar surface area (TPSA) is 67.8 Å². The third-order valence-corrected chi connectivity index (χ3v) is 3.50. The van der Waals surface area contributed by atoms with Gasteiger partial charge in [0.25, 0.3) is 5.56 Å². The summed E-state index contributed by atoms with van der Waals surface area (Å²) < 4.78 is 1.17. The Kier molecular flexibility index (Phi) is 2.56. The van der Waals surface area contributed by atoms with Crippen LogP contribution >= 0.6 is 11.3 Å². The Morgan fingerprint density at radius 2 is 2.17 bits per heavy atom. The van der Waals surface area contributed by atoms with Gasteiger partial charge >= 0.3 is 5.69 Å². The number of H-pyrrole nitrogens is 1. The molecule has 3 aromatic rings. The van der Waals surface area contributed by atoms with E-state index < -0.39 is 5.69 Å². The van der Waals surface area contributed by atoms with Gasteiger partial charge in [-0.2, -0.15) is 0 Å². The molecule has 0 bridgehead atoms. The molecule has 0 amide bonds. The summed E-state index contributed by atoms with van der Waals surface area (Å²) in [6.07, 6.45) is 1.54. The van der Waals surface area contributed by atoms with Crippen LogP contribution in [0, 0.1) is 0 Å². The van der Waals surface area contributed by atoms with Crippen molar-refractivity contribution in [3.05, 3.63) is 61.6 Å². The molecule has 0 aliphatic rings. The molecule has 1 N–H and O–H groups in total. The molecule has 3 rings (SSSR count). The molecule has 0 atom stereocenters. The largest absolute Gasteiger partial charge is 0.329 e. The smallest absolute Gasteiger partial charge is 0.305 e. The molecule has 6 heteroatoms. The highest BCUT2D eigenvalue weighted by atomic mass is 32.1. The first-order valence-electron chi connectivity index (χ1n) is 5.36. The van der Waals surface area contributed by atoms with Crippen molar-refractivity contribution < 1.29 is 0 Å². The lowest BCUT2D eigenvalue weighted by atomic mass is 10.3. The molecule has 0 aromatic carbocycles. The molecule has 0 fully saturated rings. The Morgan fingerprint density at radius 1 is 1.28 bits per heavy atom. The Balaban J connectivity index is 2.23. The molecule has 0 aliphatic heterocycles. The molecule has 0 saturated carbocycles. The molecule has 3 heterocycles. The zero-order valence-electron chi connectivity index (χ0n) is 9.29. The van der Waals surface area contributed by atoms with Crippen molar-refractivity contribution in [1.29, 1.82) is 0 Å². The van der Waals surface area contributed by atoms with Crippen LogP contribution in [0.3, 0.4) is 0 Å². The minimum Gasteiger partial charge on any atom is -0.305 e. The molecular weight excluding hydrogens is 250 g/mol. The number of hydrogen-bond acceptors (Lipinski definition) is 4. The van der Waals surface area contributed by atoms with E-state index in [0.29, 0.717) is 5.52 Å². The summed E-state index contributed by atoms with van der Waals surface area (Å²) in [5, 5.41) is 1.91. The second-order valence-corrected chi connectivity index (χ2v) is 4.83. The summed E-state index contributed by atoms with van der Waals surface area (Å²) in [6, 6.07) is 7.12. The van der Waals surface area contributed by atoms with Gasteiger partial charge in [-0.1, -0.05) is 6.07 Å². The predicted molar refractivity (Wildman–Crippen MR) is 70.0 cm³/mol. The molecule has 0 radical (unpaired) electrons. The summed E-state index contributed by atoms with van der Waals surface area (Å²) in [4.78, 5) is 31.7. The van der Waals surface area contributed by atoms with Crippen molar-refractivity contribution in [3.8, 4) is 0 Å². The fourth-order valence-corrected chi connectivity index (χ4v) is 2.47. The van der Waals surface area contributed by atoms with Gasteiger partial charge in [0.1, 0.15) is 0 Å². The van der Waals surface area contributed by atoms with Gasteiger partial charge in [0.15, 0.2) is 5.52 Å². The molecule has 18 heavy (non-hydrogen) atoms. The summed E-state index contributed by atoms with van der Waals surface area (Å²) in [7, 11) is 0. The summed E-state index contributed by atoms with van der Waals surface area (Å²) in [5.74, 6) is 0. The van der Waals surface area contributed by atoms with E-state index >= 15 is 0 Å². The van der Waals surface area contributed by atoms with Crippen LogP contribution in [0.5, 0.6) is 0 Å². The highest BCUT2D eigenvalue weighted by molar-refractivity contribution is 7.09. The van der Waals surface area contributed by atoms with Crippen molar-refractivity contribution >= 4 is 22.4 Å². The van der Waals surface area contributed by atoms with E-state index in [4.69, 9.17) is 0 Å². The molecular formula is C12H9N3O2S. The summed E-state index contributed by atoms with van der Waals surface area (Å²) in [6.45, 7) is 0.276. The van der Waals surface area contributed by atoms with Crippen LogP contribution in [0.4, 0.5) is 0 Å². The summed E-state index contributed by atoms with van der Waals surface area (Å²) in [5.41, 5.74) is -0.0137. The van der Waals surface area contributed by atoms with Gasteiger partial charge < -0.3 is 4.98 Å². The summed E-state index contributed by atoms with van der Waals surface area (Å²) >= 11 is 1.51. The number of rotatable bonds is 2. The SMILES string of the molecule is O=c1[nH]c2cccnc2c(=O)n1Cc1cccs1. The standard InChI is InChI=1S/C12H9N3O2S/c16-11-10-9(4-1-5-13-10)14-12(17)15(11)7-8-3-2-6-18-8/h1-6H,7H2,(H,14,17). The van der Waals surface area contributed by atoms with Crippen molar-refractivity contribution in [2.75, 3.05) is 0 Å². The molecule has 0 saturated heterocycles. The monoisotopic (exact) mass is 259 g/mol. The van der Waals surface area contributed by atoms with E-state index in [0.717, 1.165) is 4.88 Å². The Morgan fingerprint density at radius 3 is 2.94 bits per heavy atom. The molecule has 0 unspecified atom stereocenters. The lowest BCUT2D eigenvalue weighted by molar-refractivity contribution is 0.718. The van der Waals surface area contributed by atoms with Crippen LogP contribution in [0.2, 0.25) is 0 Å². The number of hydrogen-bond donors (Lipinski definition) is 1. The number of nitrogens with one attached hydrogen (secondary N) is 1. The lowest BCUT2D eigenvalue weighted by Gasteiger charge is -2.03. The average molecular weight is 259 g/mol.